The molecule has 31 heavy (non-hydrogen) atoms. The summed E-state index contributed by atoms with van der Waals surface area (Å²) in [5, 5.41) is 2.87. The van der Waals surface area contributed by atoms with E-state index < -0.39 is 0 Å². The quantitative estimate of drug-likeness (QED) is 0.369. The average Bonchev–Trinajstić information content (AvgIpc) is 3.60. The fourth-order valence-corrected chi connectivity index (χ4v) is 4.43. The van der Waals surface area contributed by atoms with E-state index in [1.807, 2.05) is 65.4 Å². The number of aromatic nitrogens is 3. The highest BCUT2D eigenvalue weighted by molar-refractivity contribution is 5.95. The van der Waals surface area contributed by atoms with Gasteiger partial charge in [-0.3, -0.25) is 14.8 Å². The van der Waals surface area contributed by atoms with Crippen LogP contribution in [-0.2, 0) is 0 Å². The third-order valence-corrected chi connectivity index (χ3v) is 6.06. The van der Waals surface area contributed by atoms with E-state index in [2.05, 4.69) is 23.2 Å². The summed E-state index contributed by atoms with van der Waals surface area (Å²) in [4.78, 5) is 22.5. The largest absolute Gasteiger partial charge is 0.311 e. The van der Waals surface area contributed by atoms with Gasteiger partial charge in [-0.2, -0.15) is 0 Å². The Morgan fingerprint density at radius 2 is 1.65 bits per heavy atom. The second-order valence-corrected chi connectivity index (χ2v) is 7.87. The van der Waals surface area contributed by atoms with Crippen LogP contribution in [0.1, 0.15) is 24.1 Å². The zero-order chi connectivity index (χ0) is 20.1. The zero-order valence-corrected chi connectivity index (χ0v) is 17.5. The smallest absolute Gasteiger partial charge is 0.259 e. The van der Waals surface area contributed by atoms with Crippen LogP contribution in [0.3, 0.4) is 0 Å². The summed E-state index contributed by atoms with van der Waals surface area (Å²) < 4.78 is 1.90. The molecule has 5 heteroatoms. The predicted molar refractivity (Wildman–Crippen MR) is 127 cm³/mol. The molecule has 0 N–H and O–H groups in total. The van der Waals surface area contributed by atoms with Crippen molar-refractivity contribution in [2.75, 3.05) is 0 Å². The topological polar surface area (TPSA) is 47.8 Å². The fraction of sp³-hybridized carbons (Fsp3) is 0.115. The molecule has 2 aromatic carbocycles. The number of fused-ring (bicyclic) bond motifs is 2. The summed E-state index contributed by atoms with van der Waals surface area (Å²) in [7, 11) is 0. The van der Waals surface area contributed by atoms with Crippen molar-refractivity contribution in [2.45, 2.75) is 18.4 Å². The van der Waals surface area contributed by atoms with Crippen molar-refractivity contribution >= 4 is 34.1 Å². The first-order valence-corrected chi connectivity index (χ1v) is 10.2. The Balaban J connectivity index is 0.00000204. The second kappa shape index (κ2) is 7.64. The lowest BCUT2D eigenvalue weighted by atomic mass is 10.0. The van der Waals surface area contributed by atoms with Crippen LogP contribution in [0, 0.1) is 0 Å². The molecule has 0 radical (unpaired) electrons. The molecule has 0 amide bonds. The molecule has 0 bridgehead atoms. The van der Waals surface area contributed by atoms with E-state index >= 15 is 0 Å². The van der Waals surface area contributed by atoms with E-state index in [1.54, 1.807) is 12.4 Å². The summed E-state index contributed by atoms with van der Waals surface area (Å²) >= 11 is 0. The maximum Gasteiger partial charge on any atom is 0.259 e. The molecule has 3 heterocycles. The van der Waals surface area contributed by atoms with Crippen molar-refractivity contribution in [1.29, 1.82) is 0 Å². The molecule has 1 aliphatic carbocycles. The van der Waals surface area contributed by atoms with E-state index in [0.717, 1.165) is 44.9 Å². The molecule has 152 valence electrons. The molecule has 0 spiro atoms. The minimum atomic E-state index is 0. The number of hydrogen-bond donors (Lipinski definition) is 0. The molecule has 3 aromatic heterocycles. The fourth-order valence-electron chi connectivity index (χ4n) is 4.43. The molecule has 4 nitrogen and oxygen atoms in total. The maximum atomic E-state index is 13.5. The van der Waals surface area contributed by atoms with Gasteiger partial charge in [0, 0.05) is 41.6 Å². The summed E-state index contributed by atoms with van der Waals surface area (Å²) in [6.07, 6.45) is 6.40. The third kappa shape index (κ3) is 3.29. The minimum Gasteiger partial charge on any atom is -0.311 e. The average molecular weight is 426 g/mol. The van der Waals surface area contributed by atoms with E-state index in [0.29, 0.717) is 0 Å². The summed E-state index contributed by atoms with van der Waals surface area (Å²) in [5.74, 6) is 0.276. The van der Waals surface area contributed by atoms with Crippen LogP contribution < -0.4 is 5.56 Å². The standard InChI is InChI=1S/C26H19N3O.ClH/c30-26-25-19(5-3-6-20(25)17-10-13-27-14-11-17)12-15-29(26)24-16-21(24)23-9-8-18-4-1-2-7-22(18)28-23;/h1-15,21,24H,16H2;1H. The van der Waals surface area contributed by atoms with Crippen molar-refractivity contribution in [2.24, 2.45) is 0 Å². The third-order valence-electron chi connectivity index (χ3n) is 6.06. The molecule has 6 rings (SSSR count). The van der Waals surface area contributed by atoms with Crippen molar-refractivity contribution in [1.82, 2.24) is 14.5 Å². The maximum absolute atomic E-state index is 13.5. The van der Waals surface area contributed by atoms with E-state index in [9.17, 15) is 4.79 Å². The van der Waals surface area contributed by atoms with Gasteiger partial charge >= 0.3 is 0 Å². The molecule has 0 saturated heterocycles. The number of halogens is 1. The van der Waals surface area contributed by atoms with Crippen LogP contribution in [0.5, 0.6) is 0 Å². The van der Waals surface area contributed by atoms with Crippen LogP contribution >= 0.6 is 12.4 Å². The molecule has 2 unspecified atom stereocenters. The van der Waals surface area contributed by atoms with Crippen LogP contribution in [0.4, 0.5) is 0 Å². The first-order chi connectivity index (χ1) is 14.8. The first kappa shape index (κ1) is 19.5. The molecule has 2 atom stereocenters. The van der Waals surface area contributed by atoms with Gasteiger partial charge in [0.2, 0.25) is 0 Å². The number of benzene rings is 2. The SMILES string of the molecule is Cl.O=c1c2c(-c3ccncc3)cccc2ccn1C1CC1c1ccc2ccccc2n1. The van der Waals surface area contributed by atoms with Gasteiger partial charge in [0.25, 0.3) is 5.56 Å². The van der Waals surface area contributed by atoms with Gasteiger partial charge in [-0.05, 0) is 53.3 Å². The van der Waals surface area contributed by atoms with Gasteiger partial charge < -0.3 is 4.57 Å². The Hall–Kier alpha value is -3.50. The van der Waals surface area contributed by atoms with Crippen molar-refractivity contribution in [3.05, 3.63) is 107 Å². The Morgan fingerprint density at radius 3 is 2.52 bits per heavy atom. The highest BCUT2D eigenvalue weighted by atomic mass is 35.5. The molecule has 1 saturated carbocycles. The van der Waals surface area contributed by atoms with Gasteiger partial charge in [-0.15, -0.1) is 12.4 Å². The number of rotatable bonds is 3. The van der Waals surface area contributed by atoms with Crippen LogP contribution in [0.15, 0.2) is 96.2 Å². The summed E-state index contributed by atoms with van der Waals surface area (Å²) in [6.45, 7) is 0. The second-order valence-electron chi connectivity index (χ2n) is 7.87. The van der Waals surface area contributed by atoms with Crippen molar-refractivity contribution < 1.29 is 0 Å². The molecule has 1 aliphatic rings. The predicted octanol–water partition coefficient (Wildman–Crippen LogP) is 5.76. The number of pyridine rings is 3. The van der Waals surface area contributed by atoms with Crippen molar-refractivity contribution in [3.63, 3.8) is 0 Å². The Bertz CT molecular complexity index is 1460. The minimum absolute atomic E-state index is 0. The van der Waals surface area contributed by atoms with Gasteiger partial charge in [-0.1, -0.05) is 42.5 Å². The Kier molecular flexibility index (Phi) is 4.79. The molecular weight excluding hydrogens is 406 g/mol. The van der Waals surface area contributed by atoms with Crippen LogP contribution in [0.2, 0.25) is 0 Å². The van der Waals surface area contributed by atoms with Crippen LogP contribution in [-0.4, -0.2) is 14.5 Å². The number of hydrogen-bond acceptors (Lipinski definition) is 3. The Labute approximate surface area is 185 Å². The monoisotopic (exact) mass is 425 g/mol. The zero-order valence-electron chi connectivity index (χ0n) is 16.7. The normalized spacial score (nSPS) is 17.4. The Morgan fingerprint density at radius 1 is 0.839 bits per heavy atom. The van der Waals surface area contributed by atoms with Gasteiger partial charge in [-0.25, -0.2) is 0 Å². The first-order valence-electron chi connectivity index (χ1n) is 10.2. The number of para-hydroxylation sites is 1. The molecule has 5 aromatic rings. The van der Waals surface area contributed by atoms with Gasteiger partial charge in [0.1, 0.15) is 0 Å². The summed E-state index contributed by atoms with van der Waals surface area (Å²) in [6, 6.07) is 24.5. The van der Waals surface area contributed by atoms with E-state index in [4.69, 9.17) is 4.98 Å². The molecular formula is C26H20ClN3O. The summed E-state index contributed by atoms with van der Waals surface area (Å²) in [5.41, 5.74) is 4.09. The lowest BCUT2D eigenvalue weighted by Crippen LogP contribution is -2.19. The molecule has 1 fully saturated rings. The van der Waals surface area contributed by atoms with E-state index in [1.165, 1.54) is 0 Å². The molecule has 0 aliphatic heterocycles. The van der Waals surface area contributed by atoms with Gasteiger partial charge in [0.05, 0.1) is 10.9 Å². The van der Waals surface area contributed by atoms with Crippen molar-refractivity contribution in [3.8, 4) is 11.1 Å². The highest BCUT2D eigenvalue weighted by Gasteiger charge is 2.41. The number of nitrogens with zero attached hydrogens (tertiary/aromatic N) is 3. The van der Waals surface area contributed by atoms with E-state index in [-0.39, 0.29) is 29.9 Å². The lowest BCUT2D eigenvalue weighted by molar-refractivity contribution is 0.688. The highest BCUT2D eigenvalue weighted by Crippen LogP contribution is 2.50. The lowest BCUT2D eigenvalue weighted by Gasteiger charge is -2.11. The van der Waals surface area contributed by atoms with Crippen LogP contribution in [0.25, 0.3) is 32.8 Å². The van der Waals surface area contributed by atoms with Gasteiger partial charge in [0.15, 0.2) is 0 Å².